The van der Waals surface area contributed by atoms with Gasteiger partial charge in [0.2, 0.25) is 17.7 Å². The third-order valence-corrected chi connectivity index (χ3v) is 6.92. The van der Waals surface area contributed by atoms with Crippen LogP contribution in [-0.2, 0) is 41.7 Å². The third kappa shape index (κ3) is 9.97. The van der Waals surface area contributed by atoms with E-state index in [1.807, 2.05) is 30.3 Å². The monoisotopic (exact) mass is 704 g/mol. The Morgan fingerprint density at radius 1 is 0.784 bits per heavy atom. The van der Waals surface area contributed by atoms with Crippen molar-refractivity contribution < 1.29 is 43.4 Å². The Balaban J connectivity index is 0.000000295. The van der Waals surface area contributed by atoms with E-state index in [4.69, 9.17) is 14.2 Å². The van der Waals surface area contributed by atoms with E-state index >= 15 is 0 Å². The Bertz CT molecular complexity index is 1960. The lowest BCUT2D eigenvalue weighted by molar-refractivity contribution is -0.384. The van der Waals surface area contributed by atoms with E-state index in [2.05, 4.69) is 5.32 Å². The molecule has 0 aliphatic carbocycles. The Hall–Kier alpha value is -6.58. The highest BCUT2D eigenvalue weighted by molar-refractivity contribution is 6.14. The molecule has 268 valence electrons. The molecular formula is C35H36N4O12. The quantitative estimate of drug-likeness (QED) is 0.0676. The molecule has 0 radical (unpaired) electrons. The fourth-order valence-electron chi connectivity index (χ4n) is 4.60. The molecule has 1 amide bonds. The number of aromatic nitrogens is 2. The first-order valence-corrected chi connectivity index (χ1v) is 15.6. The van der Waals surface area contributed by atoms with Crippen molar-refractivity contribution in [1.29, 1.82) is 0 Å². The largest absolute Gasteiger partial charge is 0.494 e. The molecule has 3 aromatic carbocycles. The van der Waals surface area contributed by atoms with Crippen molar-refractivity contribution in [2.45, 2.75) is 33.9 Å². The van der Waals surface area contributed by atoms with Crippen LogP contribution in [0.1, 0.15) is 42.3 Å². The number of para-hydroxylation sites is 2. The summed E-state index contributed by atoms with van der Waals surface area (Å²) >= 11 is 0. The van der Waals surface area contributed by atoms with E-state index in [1.54, 1.807) is 44.2 Å². The van der Waals surface area contributed by atoms with Crippen LogP contribution in [0.25, 0.3) is 5.69 Å². The Morgan fingerprint density at radius 2 is 1.29 bits per heavy atom. The van der Waals surface area contributed by atoms with Gasteiger partial charge in [0.25, 0.3) is 11.2 Å². The van der Waals surface area contributed by atoms with E-state index < -0.39 is 63.0 Å². The van der Waals surface area contributed by atoms with E-state index in [-0.39, 0.29) is 38.6 Å². The van der Waals surface area contributed by atoms with E-state index in [0.29, 0.717) is 10.1 Å². The van der Waals surface area contributed by atoms with Crippen molar-refractivity contribution in [3.8, 4) is 11.6 Å². The van der Waals surface area contributed by atoms with Gasteiger partial charge < -0.3 is 24.6 Å². The highest BCUT2D eigenvalue weighted by Crippen LogP contribution is 2.22. The van der Waals surface area contributed by atoms with Gasteiger partial charge in [-0.05, 0) is 38.0 Å². The van der Waals surface area contributed by atoms with Gasteiger partial charge in [-0.1, -0.05) is 72.8 Å². The van der Waals surface area contributed by atoms with Gasteiger partial charge in [0, 0.05) is 12.6 Å². The first kappa shape index (κ1) is 38.9. The van der Waals surface area contributed by atoms with Gasteiger partial charge >= 0.3 is 23.6 Å². The molecule has 0 saturated heterocycles. The van der Waals surface area contributed by atoms with Crippen LogP contribution >= 0.6 is 0 Å². The minimum Gasteiger partial charge on any atom is -0.494 e. The SMILES string of the molecule is CCOC(=O)C(C(=O)NCc1ccccc1)C(=O)OCC.CCOC(=O)c1c(O)n(Cc2ccccc2)c(=O)n(-c2ccccc2[N+](=O)[O-])c1=O. The molecule has 16 nitrogen and oxygen atoms in total. The average Bonchev–Trinajstić information content (AvgIpc) is 3.11. The predicted octanol–water partition coefficient (Wildman–Crippen LogP) is 2.88. The maximum absolute atomic E-state index is 13.1. The molecule has 0 fully saturated rings. The number of rotatable bonds is 13. The lowest BCUT2D eigenvalue weighted by atomic mass is 10.1. The summed E-state index contributed by atoms with van der Waals surface area (Å²) in [5, 5.41) is 24.5. The summed E-state index contributed by atoms with van der Waals surface area (Å²) < 4.78 is 15.6. The van der Waals surface area contributed by atoms with Gasteiger partial charge in [0.1, 0.15) is 5.69 Å². The van der Waals surface area contributed by atoms with Crippen molar-refractivity contribution in [2.75, 3.05) is 19.8 Å². The number of hydrogen-bond donors (Lipinski definition) is 2. The summed E-state index contributed by atoms with van der Waals surface area (Å²) in [6.07, 6.45) is 0. The van der Waals surface area contributed by atoms with Crippen LogP contribution in [0.3, 0.4) is 0 Å². The number of nitrogens with one attached hydrogen (secondary N) is 1. The molecule has 1 aromatic heterocycles. The molecule has 2 N–H and O–H groups in total. The summed E-state index contributed by atoms with van der Waals surface area (Å²) in [6, 6.07) is 22.8. The highest BCUT2D eigenvalue weighted by Gasteiger charge is 2.36. The molecule has 0 unspecified atom stereocenters. The number of hydrogen-bond acceptors (Lipinski definition) is 12. The molecule has 0 atom stereocenters. The van der Waals surface area contributed by atoms with Crippen LogP contribution in [0, 0.1) is 16.0 Å². The molecule has 0 spiro atoms. The average molecular weight is 705 g/mol. The van der Waals surface area contributed by atoms with Gasteiger partial charge in [0.15, 0.2) is 5.56 Å². The summed E-state index contributed by atoms with van der Waals surface area (Å²) in [7, 11) is 0. The molecule has 16 heteroatoms. The van der Waals surface area contributed by atoms with Crippen LogP contribution in [-0.4, -0.2) is 62.8 Å². The number of nitrogens with zero attached hydrogens (tertiary/aromatic N) is 3. The van der Waals surface area contributed by atoms with Crippen LogP contribution in [0.5, 0.6) is 5.88 Å². The number of carbonyl (C=O) groups is 4. The second kappa shape index (κ2) is 18.8. The number of carbonyl (C=O) groups excluding carboxylic acids is 4. The molecular weight excluding hydrogens is 668 g/mol. The van der Waals surface area contributed by atoms with Crippen molar-refractivity contribution in [2.24, 2.45) is 5.92 Å². The summed E-state index contributed by atoms with van der Waals surface area (Å²) in [6.45, 7) is 4.83. The van der Waals surface area contributed by atoms with Crippen molar-refractivity contribution in [1.82, 2.24) is 14.5 Å². The summed E-state index contributed by atoms with van der Waals surface area (Å²) in [4.78, 5) is 84.6. The Kier molecular flexibility index (Phi) is 14.3. The lowest BCUT2D eigenvalue weighted by Gasteiger charge is -2.15. The van der Waals surface area contributed by atoms with E-state index in [9.17, 15) is 44.0 Å². The van der Waals surface area contributed by atoms with Crippen LogP contribution in [0.2, 0.25) is 0 Å². The minimum absolute atomic E-state index is 0.0823. The standard InChI is InChI=1S/C20H17N3O7.C15H19NO5/c1-2-30-19(26)16-17(24)21(12-13-8-4-3-5-9-13)20(27)22(18(16)25)14-10-6-7-11-15(14)23(28)29;1-3-20-14(18)12(15(19)21-4-2)13(17)16-10-11-8-6-5-7-9-11/h3-11,24H,2,12H2,1H3;5-9,12H,3-4,10H2,1-2H3,(H,16,17). The third-order valence-electron chi connectivity index (χ3n) is 6.92. The molecule has 4 rings (SSSR count). The smallest absolute Gasteiger partial charge is 0.349 e. The molecule has 1 heterocycles. The second-order valence-electron chi connectivity index (χ2n) is 10.3. The lowest BCUT2D eigenvalue weighted by Crippen LogP contribution is -2.42. The Labute approximate surface area is 291 Å². The van der Waals surface area contributed by atoms with Crippen LogP contribution in [0.4, 0.5) is 5.69 Å². The zero-order valence-corrected chi connectivity index (χ0v) is 28.0. The number of aromatic hydroxyl groups is 1. The molecule has 0 bridgehead atoms. The molecule has 0 aliphatic rings. The summed E-state index contributed by atoms with van der Waals surface area (Å²) in [5.74, 6) is -6.14. The Morgan fingerprint density at radius 3 is 1.82 bits per heavy atom. The maximum atomic E-state index is 13.1. The number of benzene rings is 3. The van der Waals surface area contributed by atoms with Crippen molar-refractivity contribution >= 4 is 29.5 Å². The van der Waals surface area contributed by atoms with Gasteiger partial charge in [-0.2, -0.15) is 0 Å². The van der Waals surface area contributed by atoms with Crippen LogP contribution in [0.15, 0.2) is 94.5 Å². The fraction of sp³-hybridized carbons (Fsp3) is 0.257. The number of ether oxygens (including phenoxy) is 3. The normalized spacial score (nSPS) is 10.4. The molecule has 0 saturated carbocycles. The molecule has 0 aliphatic heterocycles. The minimum atomic E-state index is -1.59. The zero-order valence-electron chi connectivity index (χ0n) is 28.0. The van der Waals surface area contributed by atoms with Crippen molar-refractivity contribution in [3.05, 3.63) is 133 Å². The zero-order chi connectivity index (χ0) is 37.5. The molecule has 4 aromatic rings. The van der Waals surface area contributed by atoms with Gasteiger partial charge in [0.05, 0.1) is 31.3 Å². The predicted molar refractivity (Wildman–Crippen MR) is 181 cm³/mol. The summed E-state index contributed by atoms with van der Waals surface area (Å²) in [5.41, 5.74) is -2.42. The van der Waals surface area contributed by atoms with E-state index in [0.717, 1.165) is 16.2 Å². The second-order valence-corrected chi connectivity index (χ2v) is 10.3. The number of nitro benzene ring substituents is 1. The van der Waals surface area contributed by atoms with Crippen LogP contribution < -0.4 is 16.6 Å². The molecule has 51 heavy (non-hydrogen) atoms. The topological polar surface area (TPSA) is 215 Å². The number of nitro groups is 1. The van der Waals surface area contributed by atoms with Gasteiger partial charge in [-0.15, -0.1) is 0 Å². The van der Waals surface area contributed by atoms with Gasteiger partial charge in [-0.25, -0.2) is 14.2 Å². The van der Waals surface area contributed by atoms with Gasteiger partial charge in [-0.3, -0.25) is 33.9 Å². The van der Waals surface area contributed by atoms with Crippen molar-refractivity contribution in [3.63, 3.8) is 0 Å². The number of esters is 3. The first-order valence-electron chi connectivity index (χ1n) is 15.6. The fourth-order valence-corrected chi connectivity index (χ4v) is 4.60. The van der Waals surface area contributed by atoms with E-state index in [1.165, 1.54) is 25.1 Å². The maximum Gasteiger partial charge on any atom is 0.349 e. The number of amides is 1. The first-order chi connectivity index (χ1) is 24.5. The highest BCUT2D eigenvalue weighted by atomic mass is 16.6.